The van der Waals surface area contributed by atoms with Gasteiger partial charge in [-0.3, -0.25) is 14.5 Å². The van der Waals surface area contributed by atoms with Gasteiger partial charge >= 0.3 is 5.97 Å². The minimum absolute atomic E-state index is 0.0746. The molecule has 0 saturated heterocycles. The van der Waals surface area contributed by atoms with Gasteiger partial charge in [-0.05, 0) is 56.7 Å². The Labute approximate surface area is 180 Å². The van der Waals surface area contributed by atoms with Gasteiger partial charge in [-0.2, -0.15) is 0 Å². The molecular formula is C23H24N2O4S. The summed E-state index contributed by atoms with van der Waals surface area (Å²) in [6.07, 6.45) is 1.76. The third-order valence-electron chi connectivity index (χ3n) is 4.21. The molecule has 2 aromatic rings. The van der Waals surface area contributed by atoms with Gasteiger partial charge in [0.2, 0.25) is 0 Å². The highest BCUT2D eigenvalue weighted by Gasteiger charge is 2.32. The predicted molar refractivity (Wildman–Crippen MR) is 121 cm³/mol. The number of aliphatic imine (C=N–C) groups is 1. The van der Waals surface area contributed by atoms with Crippen molar-refractivity contribution >= 4 is 40.6 Å². The van der Waals surface area contributed by atoms with Gasteiger partial charge in [-0.15, -0.1) is 0 Å². The standard InChI is InChI=1S/C23H24N2O4S/c1-4-28-19-11-9-18(10-12-19)25-22(27)20(14-17-8-6-7-16(3)13-17)24-23(25)30-15-21(26)29-5-2/h6-14H,4-5,15H2,1-3H3. The van der Waals surface area contributed by atoms with Crippen molar-refractivity contribution < 1.29 is 19.1 Å². The Balaban J connectivity index is 1.91. The fraction of sp³-hybridized carbons (Fsp3) is 0.261. The van der Waals surface area contributed by atoms with E-state index in [0.29, 0.717) is 29.8 Å². The smallest absolute Gasteiger partial charge is 0.316 e. The highest BCUT2D eigenvalue weighted by atomic mass is 32.2. The zero-order valence-electron chi connectivity index (χ0n) is 17.3. The Morgan fingerprint density at radius 1 is 1.13 bits per heavy atom. The molecule has 156 valence electrons. The second kappa shape index (κ2) is 10.1. The first-order valence-corrected chi connectivity index (χ1v) is 10.7. The van der Waals surface area contributed by atoms with Crippen LogP contribution in [-0.4, -0.2) is 36.0 Å². The molecule has 0 fully saturated rings. The number of amidine groups is 1. The van der Waals surface area contributed by atoms with Crippen molar-refractivity contribution in [3.63, 3.8) is 0 Å². The molecule has 0 N–H and O–H groups in total. The predicted octanol–water partition coefficient (Wildman–Crippen LogP) is 4.43. The molecule has 3 rings (SSSR count). The SMILES string of the molecule is CCOC(=O)CSC1=NC(=Cc2cccc(C)c2)C(=O)N1c1ccc(OCC)cc1. The van der Waals surface area contributed by atoms with Crippen molar-refractivity contribution in [1.82, 2.24) is 0 Å². The van der Waals surface area contributed by atoms with Gasteiger partial charge in [0.15, 0.2) is 5.17 Å². The highest BCUT2D eigenvalue weighted by molar-refractivity contribution is 8.14. The number of esters is 1. The summed E-state index contributed by atoms with van der Waals surface area (Å²) >= 11 is 1.18. The maximum absolute atomic E-state index is 13.2. The van der Waals surface area contributed by atoms with Crippen molar-refractivity contribution in [1.29, 1.82) is 0 Å². The van der Waals surface area contributed by atoms with Crippen LogP contribution in [0.1, 0.15) is 25.0 Å². The van der Waals surface area contributed by atoms with Crippen LogP contribution < -0.4 is 9.64 Å². The zero-order valence-corrected chi connectivity index (χ0v) is 18.1. The molecular weight excluding hydrogens is 400 g/mol. The molecule has 0 radical (unpaired) electrons. The third-order valence-corrected chi connectivity index (χ3v) is 5.12. The quantitative estimate of drug-likeness (QED) is 0.486. The number of anilines is 1. The minimum Gasteiger partial charge on any atom is -0.494 e. The first-order chi connectivity index (χ1) is 14.5. The molecule has 1 amide bonds. The lowest BCUT2D eigenvalue weighted by molar-refractivity contribution is -0.139. The van der Waals surface area contributed by atoms with Crippen LogP contribution in [0.5, 0.6) is 5.75 Å². The topological polar surface area (TPSA) is 68.2 Å². The van der Waals surface area contributed by atoms with Crippen molar-refractivity contribution in [2.75, 3.05) is 23.9 Å². The second-order valence-electron chi connectivity index (χ2n) is 6.50. The molecule has 0 spiro atoms. The average molecular weight is 425 g/mol. The molecule has 0 unspecified atom stereocenters. The van der Waals surface area contributed by atoms with E-state index in [1.54, 1.807) is 25.1 Å². The minimum atomic E-state index is -0.347. The lowest BCUT2D eigenvalue weighted by atomic mass is 10.1. The molecule has 1 heterocycles. The Morgan fingerprint density at radius 3 is 2.57 bits per heavy atom. The number of nitrogens with zero attached hydrogens (tertiary/aromatic N) is 2. The van der Waals surface area contributed by atoms with E-state index in [-0.39, 0.29) is 17.6 Å². The maximum atomic E-state index is 13.2. The van der Waals surface area contributed by atoms with Crippen LogP contribution in [0.15, 0.2) is 59.2 Å². The first-order valence-electron chi connectivity index (χ1n) is 9.74. The Kier molecular flexibility index (Phi) is 7.30. The van der Waals surface area contributed by atoms with Crippen LogP contribution in [0.2, 0.25) is 0 Å². The van der Waals surface area contributed by atoms with Gasteiger partial charge in [-0.1, -0.05) is 41.6 Å². The molecule has 30 heavy (non-hydrogen) atoms. The van der Waals surface area contributed by atoms with Crippen LogP contribution in [-0.2, 0) is 14.3 Å². The summed E-state index contributed by atoms with van der Waals surface area (Å²) < 4.78 is 10.5. The molecule has 0 atom stereocenters. The number of thioether (sulfide) groups is 1. The third kappa shape index (κ3) is 5.30. The van der Waals surface area contributed by atoms with Crippen molar-refractivity contribution in [3.05, 3.63) is 65.4 Å². The fourth-order valence-corrected chi connectivity index (χ4v) is 3.73. The van der Waals surface area contributed by atoms with E-state index in [4.69, 9.17) is 9.47 Å². The monoisotopic (exact) mass is 424 g/mol. The highest BCUT2D eigenvalue weighted by Crippen LogP contribution is 2.30. The van der Waals surface area contributed by atoms with E-state index in [9.17, 15) is 9.59 Å². The van der Waals surface area contributed by atoms with Gasteiger partial charge in [0.25, 0.3) is 5.91 Å². The summed E-state index contributed by atoms with van der Waals surface area (Å²) in [5, 5.41) is 0.441. The largest absolute Gasteiger partial charge is 0.494 e. The summed E-state index contributed by atoms with van der Waals surface area (Å²) in [6.45, 7) is 6.54. The number of hydrogen-bond donors (Lipinski definition) is 0. The normalized spacial score (nSPS) is 14.8. The average Bonchev–Trinajstić information content (AvgIpc) is 3.03. The number of benzene rings is 2. The van der Waals surface area contributed by atoms with E-state index in [2.05, 4.69) is 4.99 Å². The molecule has 0 saturated carbocycles. The molecule has 7 heteroatoms. The lowest BCUT2D eigenvalue weighted by Crippen LogP contribution is -2.31. The van der Waals surface area contributed by atoms with Crippen LogP contribution in [0.4, 0.5) is 5.69 Å². The number of carbonyl (C=O) groups is 2. The number of hydrogen-bond acceptors (Lipinski definition) is 6. The zero-order chi connectivity index (χ0) is 21.5. The van der Waals surface area contributed by atoms with Crippen molar-refractivity contribution in [3.8, 4) is 5.75 Å². The maximum Gasteiger partial charge on any atom is 0.316 e. The molecule has 0 aliphatic carbocycles. The summed E-state index contributed by atoms with van der Waals surface area (Å²) in [7, 11) is 0. The number of rotatable bonds is 7. The molecule has 1 aliphatic rings. The van der Waals surface area contributed by atoms with Crippen molar-refractivity contribution in [2.45, 2.75) is 20.8 Å². The second-order valence-corrected chi connectivity index (χ2v) is 7.44. The van der Waals surface area contributed by atoms with Gasteiger partial charge in [0, 0.05) is 0 Å². The van der Waals surface area contributed by atoms with E-state index < -0.39 is 0 Å². The van der Waals surface area contributed by atoms with Crippen LogP contribution in [0.3, 0.4) is 0 Å². The summed E-state index contributed by atoms with van der Waals surface area (Å²) in [5.74, 6) is 0.207. The van der Waals surface area contributed by atoms with Gasteiger partial charge in [0.1, 0.15) is 11.4 Å². The van der Waals surface area contributed by atoms with Crippen molar-refractivity contribution in [2.24, 2.45) is 4.99 Å². The summed E-state index contributed by atoms with van der Waals surface area (Å²) in [6, 6.07) is 15.1. The Hall–Kier alpha value is -3.06. The molecule has 0 aromatic heterocycles. The van der Waals surface area contributed by atoms with Crippen LogP contribution in [0, 0.1) is 6.92 Å². The number of ether oxygens (including phenoxy) is 2. The fourth-order valence-electron chi connectivity index (χ4n) is 2.92. The molecule has 1 aliphatic heterocycles. The van der Waals surface area contributed by atoms with E-state index in [0.717, 1.165) is 16.9 Å². The van der Waals surface area contributed by atoms with E-state index in [1.807, 2.05) is 50.2 Å². The van der Waals surface area contributed by atoms with E-state index in [1.165, 1.54) is 16.7 Å². The van der Waals surface area contributed by atoms with Gasteiger partial charge in [0.05, 0.1) is 24.7 Å². The first kappa shape index (κ1) is 21.6. The number of aryl methyl sites for hydroxylation is 1. The van der Waals surface area contributed by atoms with E-state index >= 15 is 0 Å². The summed E-state index contributed by atoms with van der Waals surface area (Å²) in [4.78, 5) is 31.0. The number of carbonyl (C=O) groups excluding carboxylic acids is 2. The van der Waals surface area contributed by atoms with Gasteiger partial charge < -0.3 is 9.47 Å². The Bertz CT molecular complexity index is 983. The lowest BCUT2D eigenvalue weighted by Gasteiger charge is -2.18. The van der Waals surface area contributed by atoms with Crippen LogP contribution >= 0.6 is 11.8 Å². The molecule has 0 bridgehead atoms. The number of amides is 1. The van der Waals surface area contributed by atoms with Crippen LogP contribution in [0.25, 0.3) is 6.08 Å². The van der Waals surface area contributed by atoms with Gasteiger partial charge in [-0.25, -0.2) is 4.99 Å². The summed E-state index contributed by atoms with van der Waals surface area (Å²) in [5.41, 5.74) is 2.97. The molecule has 6 nitrogen and oxygen atoms in total. The Morgan fingerprint density at radius 2 is 1.90 bits per heavy atom. The molecule has 2 aromatic carbocycles.